The highest BCUT2D eigenvalue weighted by atomic mass is 19.3. The van der Waals surface area contributed by atoms with Gasteiger partial charge in [-0.2, -0.15) is 8.78 Å². The van der Waals surface area contributed by atoms with Gasteiger partial charge in [0, 0.05) is 32.7 Å². The molecule has 1 aliphatic rings. The molecule has 0 N–H and O–H groups in total. The fourth-order valence-electron chi connectivity index (χ4n) is 3.67. The molecule has 0 bridgehead atoms. The second-order valence-corrected chi connectivity index (χ2v) is 7.87. The first-order valence-electron chi connectivity index (χ1n) is 10.2. The van der Waals surface area contributed by atoms with Crippen molar-refractivity contribution in [2.75, 3.05) is 53.4 Å². The number of hydrogen-bond donors (Lipinski definition) is 0. The lowest BCUT2D eigenvalue weighted by Crippen LogP contribution is -2.46. The normalized spacial score (nSPS) is 15.9. The highest BCUT2D eigenvalue weighted by molar-refractivity contribution is 5.64. The van der Waals surface area contributed by atoms with Gasteiger partial charge in [0.2, 0.25) is 0 Å². The van der Waals surface area contributed by atoms with Gasteiger partial charge in [-0.15, -0.1) is 0 Å². The van der Waals surface area contributed by atoms with Crippen molar-refractivity contribution >= 4 is 0 Å². The summed E-state index contributed by atoms with van der Waals surface area (Å²) in [7, 11) is 4.25. The summed E-state index contributed by atoms with van der Waals surface area (Å²) in [6, 6.07) is 15.3. The lowest BCUT2D eigenvalue weighted by atomic mass is 10.0. The van der Waals surface area contributed by atoms with Crippen LogP contribution in [0.25, 0.3) is 11.1 Å². The van der Waals surface area contributed by atoms with Crippen molar-refractivity contribution in [2.24, 2.45) is 0 Å². The zero-order valence-corrected chi connectivity index (χ0v) is 17.4. The van der Waals surface area contributed by atoms with Crippen LogP contribution < -0.4 is 4.74 Å². The molecule has 2 aromatic rings. The van der Waals surface area contributed by atoms with Gasteiger partial charge >= 0.3 is 6.61 Å². The molecule has 0 spiro atoms. The molecule has 2 aromatic carbocycles. The fourth-order valence-corrected chi connectivity index (χ4v) is 3.67. The molecule has 1 fully saturated rings. The summed E-state index contributed by atoms with van der Waals surface area (Å²) in [5.74, 6) is 0.182. The Bertz CT molecular complexity index is 727. The van der Waals surface area contributed by atoms with E-state index in [1.165, 1.54) is 18.5 Å². The van der Waals surface area contributed by atoms with Crippen molar-refractivity contribution in [1.29, 1.82) is 0 Å². The van der Waals surface area contributed by atoms with E-state index in [1.807, 2.05) is 12.1 Å². The van der Waals surface area contributed by atoms with Crippen LogP contribution in [0.1, 0.15) is 12.0 Å². The molecule has 1 saturated heterocycles. The summed E-state index contributed by atoms with van der Waals surface area (Å²) in [6.45, 7) is 4.99. The molecule has 1 aliphatic heterocycles. The number of benzene rings is 2. The van der Waals surface area contributed by atoms with E-state index in [-0.39, 0.29) is 5.75 Å². The van der Waals surface area contributed by atoms with Gasteiger partial charge in [-0.25, -0.2) is 0 Å². The second kappa shape index (κ2) is 10.7. The molecule has 0 aliphatic carbocycles. The molecule has 29 heavy (non-hydrogen) atoms. The predicted molar refractivity (Wildman–Crippen MR) is 113 cm³/mol. The summed E-state index contributed by atoms with van der Waals surface area (Å²) in [5, 5.41) is 0. The molecule has 3 rings (SSSR count). The van der Waals surface area contributed by atoms with Crippen molar-refractivity contribution < 1.29 is 13.5 Å². The van der Waals surface area contributed by atoms with Gasteiger partial charge in [0.1, 0.15) is 5.75 Å². The van der Waals surface area contributed by atoms with Crippen LogP contribution in [-0.4, -0.2) is 74.7 Å². The summed E-state index contributed by atoms with van der Waals surface area (Å²) < 4.78 is 28.9. The number of hydrogen-bond acceptors (Lipinski definition) is 4. The summed E-state index contributed by atoms with van der Waals surface area (Å²) >= 11 is 0. The van der Waals surface area contributed by atoms with Gasteiger partial charge < -0.3 is 14.5 Å². The number of halogens is 2. The highest BCUT2D eigenvalue weighted by Gasteiger charge is 2.16. The van der Waals surface area contributed by atoms with E-state index in [9.17, 15) is 8.78 Å². The first kappa shape index (κ1) is 21.7. The zero-order chi connectivity index (χ0) is 20.6. The van der Waals surface area contributed by atoms with Crippen LogP contribution in [0, 0.1) is 0 Å². The standard InChI is InChI=1S/C23H31F2N3O/c1-26(2)12-3-13-27-14-16-28(17-15-27)18-19-4-6-20(7-5-19)21-8-10-22(11-9-21)29-23(24)25/h4-11,23H,3,12-18H2,1-2H3. The van der Waals surface area contributed by atoms with Crippen molar-refractivity contribution in [1.82, 2.24) is 14.7 Å². The molecule has 0 saturated carbocycles. The average Bonchev–Trinajstić information content (AvgIpc) is 2.70. The minimum absolute atomic E-state index is 0.182. The van der Waals surface area contributed by atoms with Crippen molar-refractivity contribution in [3.05, 3.63) is 54.1 Å². The topological polar surface area (TPSA) is 19.0 Å². The van der Waals surface area contributed by atoms with E-state index in [0.717, 1.165) is 50.4 Å². The largest absolute Gasteiger partial charge is 0.435 e. The maximum Gasteiger partial charge on any atom is 0.387 e. The molecular formula is C23H31F2N3O. The van der Waals surface area contributed by atoms with Crippen molar-refractivity contribution in [3.63, 3.8) is 0 Å². The Morgan fingerprint density at radius 2 is 1.41 bits per heavy atom. The Hall–Kier alpha value is -2.02. The maximum atomic E-state index is 12.3. The third kappa shape index (κ3) is 7.07. The van der Waals surface area contributed by atoms with Gasteiger partial charge in [-0.05, 0) is 62.4 Å². The van der Waals surface area contributed by atoms with E-state index in [2.05, 4.69) is 57.8 Å². The van der Waals surface area contributed by atoms with Crippen LogP contribution in [-0.2, 0) is 6.54 Å². The molecule has 6 heteroatoms. The summed E-state index contributed by atoms with van der Waals surface area (Å²) in [5.41, 5.74) is 3.36. The Kier molecular flexibility index (Phi) is 7.98. The first-order chi connectivity index (χ1) is 14.0. The second-order valence-electron chi connectivity index (χ2n) is 7.87. The van der Waals surface area contributed by atoms with E-state index in [4.69, 9.17) is 0 Å². The minimum atomic E-state index is -2.79. The van der Waals surface area contributed by atoms with Crippen LogP contribution in [0.2, 0.25) is 0 Å². The number of ether oxygens (including phenoxy) is 1. The molecule has 4 nitrogen and oxygen atoms in total. The van der Waals surface area contributed by atoms with Crippen molar-refractivity contribution in [3.8, 4) is 16.9 Å². The first-order valence-corrected chi connectivity index (χ1v) is 10.2. The monoisotopic (exact) mass is 403 g/mol. The van der Waals surface area contributed by atoms with Gasteiger partial charge in [-0.1, -0.05) is 36.4 Å². The van der Waals surface area contributed by atoms with E-state index >= 15 is 0 Å². The van der Waals surface area contributed by atoms with Gasteiger partial charge in [-0.3, -0.25) is 4.90 Å². The Morgan fingerprint density at radius 1 is 0.862 bits per heavy atom. The zero-order valence-electron chi connectivity index (χ0n) is 17.4. The molecular weight excluding hydrogens is 372 g/mol. The quantitative estimate of drug-likeness (QED) is 0.629. The van der Waals surface area contributed by atoms with Crippen LogP contribution >= 0.6 is 0 Å². The molecule has 0 radical (unpaired) electrons. The lowest BCUT2D eigenvalue weighted by molar-refractivity contribution is -0.0498. The summed E-state index contributed by atoms with van der Waals surface area (Å²) in [4.78, 5) is 7.31. The van der Waals surface area contributed by atoms with Gasteiger partial charge in [0.05, 0.1) is 0 Å². The predicted octanol–water partition coefficient (Wildman–Crippen LogP) is 4.02. The maximum absolute atomic E-state index is 12.3. The molecule has 158 valence electrons. The van der Waals surface area contributed by atoms with Crippen molar-refractivity contribution in [2.45, 2.75) is 19.6 Å². The molecule has 1 heterocycles. The van der Waals surface area contributed by atoms with E-state index in [1.54, 1.807) is 12.1 Å². The van der Waals surface area contributed by atoms with Crippen LogP contribution in [0.3, 0.4) is 0 Å². The van der Waals surface area contributed by atoms with E-state index < -0.39 is 6.61 Å². The number of piperazine rings is 1. The number of rotatable bonds is 9. The lowest BCUT2D eigenvalue weighted by Gasteiger charge is -2.35. The Balaban J connectivity index is 1.46. The smallest absolute Gasteiger partial charge is 0.387 e. The molecule has 0 aromatic heterocycles. The van der Waals surface area contributed by atoms with Crippen LogP contribution in [0.5, 0.6) is 5.75 Å². The number of nitrogens with zero attached hydrogens (tertiary/aromatic N) is 3. The Morgan fingerprint density at radius 3 is 1.97 bits per heavy atom. The Labute approximate surface area is 172 Å². The molecule has 0 unspecified atom stereocenters. The van der Waals surface area contributed by atoms with Crippen LogP contribution in [0.15, 0.2) is 48.5 Å². The molecule has 0 amide bonds. The van der Waals surface area contributed by atoms with Gasteiger partial charge in [0.15, 0.2) is 0 Å². The number of alkyl halides is 2. The fraction of sp³-hybridized carbons (Fsp3) is 0.478. The van der Waals surface area contributed by atoms with Crippen LogP contribution in [0.4, 0.5) is 8.78 Å². The molecule has 0 atom stereocenters. The van der Waals surface area contributed by atoms with E-state index in [0.29, 0.717) is 0 Å². The SMILES string of the molecule is CN(C)CCCN1CCN(Cc2ccc(-c3ccc(OC(F)F)cc3)cc2)CC1. The minimum Gasteiger partial charge on any atom is -0.435 e. The highest BCUT2D eigenvalue weighted by Crippen LogP contribution is 2.24. The summed E-state index contributed by atoms with van der Waals surface area (Å²) in [6.07, 6.45) is 1.23. The third-order valence-electron chi connectivity index (χ3n) is 5.32. The average molecular weight is 404 g/mol. The third-order valence-corrected chi connectivity index (χ3v) is 5.32. The van der Waals surface area contributed by atoms with Gasteiger partial charge in [0.25, 0.3) is 0 Å².